The van der Waals surface area contributed by atoms with Crippen LogP contribution in [-0.2, 0) is 22.6 Å². The van der Waals surface area contributed by atoms with Crippen molar-refractivity contribution in [1.82, 2.24) is 44.1 Å². The first-order valence-electron chi connectivity index (χ1n) is 22.1. The van der Waals surface area contributed by atoms with Crippen LogP contribution in [0.5, 0.6) is 0 Å². The Balaban J connectivity index is 0.000000155. The molecule has 0 radical (unpaired) electrons. The van der Waals surface area contributed by atoms with Gasteiger partial charge in [-0.05, 0) is 60.5 Å². The number of aromatic nitrogens is 9. The molecule has 0 unspecified atom stereocenters. The maximum absolute atomic E-state index is 5.56. The van der Waals surface area contributed by atoms with Crippen LogP contribution in [0.4, 0.5) is 11.6 Å². The molecule has 66 heavy (non-hydrogen) atoms. The van der Waals surface area contributed by atoms with E-state index in [-0.39, 0.29) is 0 Å². The van der Waals surface area contributed by atoms with Crippen molar-refractivity contribution in [2.45, 2.75) is 20.0 Å². The Bertz CT molecular complexity index is 3130. The SMILES string of the molecule is C(=NCc1cc(N2CCOCC2)n2nc(-c3ccncc3)cc2n1)c1cc2ccccc2[nH]1.C=C(C)c1cccc(C=NCc2cc(N3CCOCC3)n3nc(-c4ccncc4)cc3n2)c1. The van der Waals surface area contributed by atoms with Crippen LogP contribution < -0.4 is 9.80 Å². The van der Waals surface area contributed by atoms with Crippen LogP contribution >= 0.6 is 0 Å². The zero-order valence-corrected chi connectivity index (χ0v) is 36.7. The van der Waals surface area contributed by atoms with Gasteiger partial charge in [-0.25, -0.2) is 9.97 Å². The molecule has 7 aromatic heterocycles. The van der Waals surface area contributed by atoms with Gasteiger partial charge in [0, 0.05) is 110 Å². The van der Waals surface area contributed by atoms with Crippen molar-refractivity contribution in [2.75, 3.05) is 62.4 Å². The van der Waals surface area contributed by atoms with Crippen LogP contribution in [0, 0.1) is 0 Å². The fourth-order valence-electron chi connectivity index (χ4n) is 8.07. The number of hydrogen-bond donors (Lipinski definition) is 1. The predicted octanol–water partition coefficient (Wildman–Crippen LogP) is 8.01. The van der Waals surface area contributed by atoms with Gasteiger partial charge in [-0.15, -0.1) is 0 Å². The van der Waals surface area contributed by atoms with E-state index in [1.54, 1.807) is 24.8 Å². The van der Waals surface area contributed by atoms with Gasteiger partial charge in [0.1, 0.15) is 11.6 Å². The van der Waals surface area contributed by atoms with E-state index in [0.29, 0.717) is 39.5 Å². The number of aromatic amines is 1. The first kappa shape index (κ1) is 42.1. The monoisotopic (exact) mass is 875 g/mol. The number of H-pyrrole nitrogens is 1. The number of para-hydroxylation sites is 1. The number of ether oxygens (including phenoxy) is 2. The number of anilines is 2. The summed E-state index contributed by atoms with van der Waals surface area (Å²) in [5.41, 5.74) is 12.5. The van der Waals surface area contributed by atoms with Gasteiger partial charge in [0.15, 0.2) is 11.3 Å². The molecule has 11 rings (SSSR count). The number of nitrogens with zero attached hydrogens (tertiary/aromatic N) is 12. The largest absolute Gasteiger partial charge is 0.378 e. The van der Waals surface area contributed by atoms with Crippen molar-refractivity contribution in [3.63, 3.8) is 0 Å². The Labute approximate surface area is 381 Å². The fourth-order valence-corrected chi connectivity index (χ4v) is 8.07. The van der Waals surface area contributed by atoms with Crippen molar-refractivity contribution >= 4 is 51.8 Å². The van der Waals surface area contributed by atoms with Gasteiger partial charge >= 0.3 is 0 Å². The van der Waals surface area contributed by atoms with Crippen molar-refractivity contribution < 1.29 is 9.47 Å². The minimum Gasteiger partial charge on any atom is -0.378 e. The van der Waals surface area contributed by atoms with Gasteiger partial charge in [0.2, 0.25) is 0 Å². The molecule has 2 aliphatic rings. The van der Waals surface area contributed by atoms with Crippen molar-refractivity contribution in [2.24, 2.45) is 9.98 Å². The molecule has 9 heterocycles. The molecule has 2 aliphatic heterocycles. The number of rotatable bonds is 11. The zero-order valence-electron chi connectivity index (χ0n) is 36.7. The lowest BCUT2D eigenvalue weighted by atomic mass is 10.1. The molecule has 0 amide bonds. The highest BCUT2D eigenvalue weighted by atomic mass is 16.5. The number of nitrogens with one attached hydrogen (secondary N) is 1. The van der Waals surface area contributed by atoms with Gasteiger partial charge in [0.25, 0.3) is 0 Å². The van der Waals surface area contributed by atoms with Crippen LogP contribution in [0.15, 0.2) is 144 Å². The fraction of sp³-hybridized carbons (Fsp3) is 0.216. The number of fused-ring (bicyclic) bond motifs is 3. The van der Waals surface area contributed by atoms with Crippen LogP contribution in [0.1, 0.15) is 35.1 Å². The molecule has 0 saturated carbocycles. The highest BCUT2D eigenvalue weighted by Gasteiger charge is 2.20. The summed E-state index contributed by atoms with van der Waals surface area (Å²) in [5, 5.41) is 10.9. The molecule has 2 fully saturated rings. The highest BCUT2D eigenvalue weighted by Crippen LogP contribution is 2.26. The van der Waals surface area contributed by atoms with Crippen LogP contribution in [0.2, 0.25) is 0 Å². The molecule has 9 aromatic rings. The summed E-state index contributed by atoms with van der Waals surface area (Å²) in [6, 6.07) is 34.6. The van der Waals surface area contributed by atoms with Gasteiger partial charge < -0.3 is 24.3 Å². The summed E-state index contributed by atoms with van der Waals surface area (Å²) in [6.45, 7) is 13.1. The predicted molar refractivity (Wildman–Crippen MR) is 261 cm³/mol. The molecule has 0 spiro atoms. The molecular weight excluding hydrogens is 827 g/mol. The standard InChI is InChI=1S/C26H26N6O.C25H23N7O/c1-19(2)22-5-3-4-20(14-22)17-28-18-23-15-26(31-10-12-33-13-11-31)32-25(29-23)16-24(30-32)21-6-8-27-9-7-21;1-2-4-22-19(3-1)13-20(28-22)16-27-17-21-14-25(31-9-11-33-12-10-31)32-24(29-21)15-23(30-32)18-5-7-26-8-6-18/h3-9,14-17H,1,10-13,18H2,2H3;1-8,13-16,28H,9-12,17H2. The number of aliphatic imine (C=N–C) groups is 2. The van der Waals surface area contributed by atoms with E-state index in [1.165, 1.54) is 5.39 Å². The maximum Gasteiger partial charge on any atom is 0.158 e. The Morgan fingerprint density at radius 1 is 0.636 bits per heavy atom. The van der Waals surface area contributed by atoms with Crippen molar-refractivity contribution in [3.8, 4) is 22.5 Å². The second kappa shape index (κ2) is 19.5. The summed E-state index contributed by atoms with van der Waals surface area (Å²) in [6.07, 6.45) is 10.9. The van der Waals surface area contributed by atoms with E-state index < -0.39 is 0 Å². The average molecular weight is 876 g/mol. The molecule has 2 aromatic carbocycles. The first-order chi connectivity index (χ1) is 32.5. The Kier molecular flexibility index (Phi) is 12.4. The highest BCUT2D eigenvalue weighted by molar-refractivity contribution is 5.89. The van der Waals surface area contributed by atoms with Gasteiger partial charge in [0.05, 0.1) is 68.0 Å². The van der Waals surface area contributed by atoms with E-state index in [4.69, 9.17) is 29.6 Å². The maximum atomic E-state index is 5.56. The number of allylic oxidation sites excluding steroid dienone is 1. The van der Waals surface area contributed by atoms with Gasteiger partial charge in [-0.2, -0.15) is 19.2 Å². The van der Waals surface area contributed by atoms with E-state index >= 15 is 0 Å². The smallest absolute Gasteiger partial charge is 0.158 e. The minimum atomic E-state index is 0.485. The number of pyridine rings is 2. The molecule has 2 saturated heterocycles. The third kappa shape index (κ3) is 9.62. The molecule has 15 nitrogen and oxygen atoms in total. The van der Waals surface area contributed by atoms with E-state index in [1.807, 2.05) is 89.0 Å². The Morgan fingerprint density at radius 3 is 1.73 bits per heavy atom. The summed E-state index contributed by atoms with van der Waals surface area (Å²) < 4.78 is 15.0. The minimum absolute atomic E-state index is 0.485. The van der Waals surface area contributed by atoms with E-state index in [2.05, 4.69) is 83.8 Å². The Hall–Kier alpha value is -7.88. The second-order valence-electron chi connectivity index (χ2n) is 16.1. The number of morpholine rings is 2. The third-order valence-corrected chi connectivity index (χ3v) is 11.5. The summed E-state index contributed by atoms with van der Waals surface area (Å²) in [5.74, 6) is 2.03. The molecule has 0 aliphatic carbocycles. The van der Waals surface area contributed by atoms with Crippen molar-refractivity contribution in [1.29, 1.82) is 0 Å². The summed E-state index contributed by atoms with van der Waals surface area (Å²) in [7, 11) is 0. The van der Waals surface area contributed by atoms with E-state index in [0.717, 1.165) is 111 Å². The lowest BCUT2D eigenvalue weighted by Crippen LogP contribution is -2.37. The van der Waals surface area contributed by atoms with Gasteiger partial charge in [-0.1, -0.05) is 48.6 Å². The number of hydrogen-bond acceptors (Lipinski definition) is 12. The molecule has 0 bridgehead atoms. The lowest BCUT2D eigenvalue weighted by molar-refractivity contribution is 0.122. The molecule has 330 valence electrons. The summed E-state index contributed by atoms with van der Waals surface area (Å²) in [4.78, 5) is 35.2. The topological polar surface area (TPSA) is 152 Å². The molecular formula is C51H49N13O2. The Morgan fingerprint density at radius 2 is 1.18 bits per heavy atom. The van der Waals surface area contributed by atoms with Gasteiger partial charge in [-0.3, -0.25) is 20.0 Å². The van der Waals surface area contributed by atoms with Crippen LogP contribution in [-0.4, -0.2) is 109 Å². The molecule has 1 N–H and O–H groups in total. The lowest BCUT2D eigenvalue weighted by Gasteiger charge is -2.29. The van der Waals surface area contributed by atoms with E-state index in [9.17, 15) is 0 Å². The van der Waals surface area contributed by atoms with Crippen molar-refractivity contribution in [3.05, 3.63) is 163 Å². The van der Waals surface area contributed by atoms with Crippen LogP contribution in [0.25, 0.3) is 50.3 Å². The average Bonchev–Trinajstić information content (AvgIpc) is 4.12. The quantitative estimate of drug-likeness (QED) is 0.127. The molecule has 15 heteroatoms. The summed E-state index contributed by atoms with van der Waals surface area (Å²) >= 11 is 0. The second-order valence-corrected chi connectivity index (χ2v) is 16.1. The first-order valence-corrected chi connectivity index (χ1v) is 22.1. The zero-order chi connectivity index (χ0) is 44.7. The normalized spacial score (nSPS) is 14.4. The van der Waals surface area contributed by atoms with Crippen LogP contribution in [0.3, 0.4) is 0 Å². The molecule has 0 atom stereocenters. The third-order valence-electron chi connectivity index (χ3n) is 11.5. The number of benzene rings is 2.